The molecule has 1 aromatic heterocycles. The van der Waals surface area contributed by atoms with Crippen molar-refractivity contribution in [2.45, 2.75) is 11.9 Å². The Bertz CT molecular complexity index is 852. The molecule has 0 fully saturated rings. The number of hydrogen-bond acceptors (Lipinski definition) is 4. The van der Waals surface area contributed by atoms with Crippen molar-refractivity contribution in [3.05, 3.63) is 57.8 Å². The van der Waals surface area contributed by atoms with Gasteiger partial charge in [0.1, 0.15) is 5.03 Å². The Morgan fingerprint density at radius 2 is 1.74 bits per heavy atom. The summed E-state index contributed by atoms with van der Waals surface area (Å²) in [6.45, 7) is 1.92. The number of thioether (sulfide) groups is 1. The van der Waals surface area contributed by atoms with Gasteiger partial charge in [0.15, 0.2) is 0 Å². The molecule has 1 amide bonds. The highest BCUT2D eigenvalue weighted by Crippen LogP contribution is 2.22. The highest BCUT2D eigenvalue weighted by Gasteiger charge is 2.09. The molecule has 0 unspecified atom stereocenters. The molecule has 1 N–H and O–H groups in total. The van der Waals surface area contributed by atoms with Gasteiger partial charge in [-0.3, -0.25) is 4.79 Å². The van der Waals surface area contributed by atoms with E-state index >= 15 is 0 Å². The van der Waals surface area contributed by atoms with Crippen molar-refractivity contribution in [1.29, 1.82) is 0 Å². The van der Waals surface area contributed by atoms with E-state index in [1.807, 2.05) is 55.5 Å². The lowest BCUT2D eigenvalue weighted by molar-refractivity contribution is -0.113. The van der Waals surface area contributed by atoms with Crippen LogP contribution in [-0.2, 0) is 4.79 Å². The molecule has 0 aliphatic heterocycles. The highest BCUT2D eigenvalue weighted by molar-refractivity contribution is 14.1. The number of rotatable bonds is 4. The lowest BCUT2D eigenvalue weighted by Gasteiger charge is -2.07. The molecule has 116 valence electrons. The van der Waals surface area contributed by atoms with Gasteiger partial charge in [-0.2, -0.15) is 0 Å². The second-order valence-corrected chi connectivity index (χ2v) is 7.16. The number of halogens is 1. The first-order valence-electron chi connectivity index (χ1n) is 7.03. The lowest BCUT2D eigenvalue weighted by atomic mass is 10.3. The van der Waals surface area contributed by atoms with Gasteiger partial charge in [0, 0.05) is 9.26 Å². The van der Waals surface area contributed by atoms with Crippen LogP contribution < -0.4 is 5.32 Å². The van der Waals surface area contributed by atoms with E-state index in [-0.39, 0.29) is 5.91 Å². The minimum absolute atomic E-state index is 0.0504. The summed E-state index contributed by atoms with van der Waals surface area (Å²) >= 11 is 3.64. The number of amides is 1. The van der Waals surface area contributed by atoms with E-state index in [0.717, 1.165) is 31.0 Å². The average Bonchev–Trinajstić information content (AvgIpc) is 2.55. The van der Waals surface area contributed by atoms with Crippen LogP contribution in [0.25, 0.3) is 11.0 Å². The van der Waals surface area contributed by atoms with Crippen LogP contribution >= 0.6 is 34.4 Å². The van der Waals surface area contributed by atoms with Crippen LogP contribution in [0.4, 0.5) is 5.69 Å². The average molecular weight is 435 g/mol. The first kappa shape index (κ1) is 16.2. The highest BCUT2D eigenvalue weighted by atomic mass is 127. The van der Waals surface area contributed by atoms with E-state index < -0.39 is 0 Å². The van der Waals surface area contributed by atoms with Crippen molar-refractivity contribution < 1.29 is 4.79 Å². The fourth-order valence-corrected chi connectivity index (χ4v) is 3.19. The van der Waals surface area contributed by atoms with Crippen molar-refractivity contribution in [3.63, 3.8) is 0 Å². The molecule has 23 heavy (non-hydrogen) atoms. The number of anilines is 1. The summed E-state index contributed by atoms with van der Waals surface area (Å²) in [5, 5.41) is 3.68. The van der Waals surface area contributed by atoms with Crippen LogP contribution in [0.3, 0.4) is 0 Å². The predicted molar refractivity (Wildman–Crippen MR) is 103 cm³/mol. The molecule has 4 nitrogen and oxygen atoms in total. The predicted octanol–water partition coefficient (Wildman–Crippen LogP) is 4.27. The zero-order chi connectivity index (χ0) is 16.2. The van der Waals surface area contributed by atoms with E-state index in [2.05, 4.69) is 37.9 Å². The van der Waals surface area contributed by atoms with E-state index in [1.165, 1.54) is 11.8 Å². The Kier molecular flexibility index (Phi) is 5.12. The van der Waals surface area contributed by atoms with Gasteiger partial charge in [-0.25, -0.2) is 9.97 Å². The smallest absolute Gasteiger partial charge is 0.234 e. The maximum atomic E-state index is 12.1. The number of nitrogens with zero attached hydrogens (tertiary/aromatic N) is 2. The summed E-state index contributed by atoms with van der Waals surface area (Å²) in [7, 11) is 0. The number of para-hydroxylation sites is 2. The summed E-state index contributed by atoms with van der Waals surface area (Å²) in [6, 6.07) is 15.5. The second-order valence-electron chi connectivity index (χ2n) is 4.95. The monoisotopic (exact) mass is 435 g/mol. The molecule has 0 saturated heterocycles. The van der Waals surface area contributed by atoms with E-state index in [0.29, 0.717) is 5.75 Å². The zero-order valence-corrected chi connectivity index (χ0v) is 15.4. The number of carbonyl (C=O) groups is 1. The SMILES string of the molecule is Cc1nc2ccccc2nc1SCC(=O)Nc1ccc(I)cc1. The third-order valence-corrected chi connectivity index (χ3v) is 4.96. The number of aromatic nitrogens is 2. The third kappa shape index (κ3) is 4.20. The number of fused-ring (bicyclic) bond motifs is 1. The van der Waals surface area contributed by atoms with Gasteiger partial charge in [-0.1, -0.05) is 23.9 Å². The normalized spacial score (nSPS) is 10.7. The van der Waals surface area contributed by atoms with Gasteiger partial charge in [0.2, 0.25) is 5.91 Å². The van der Waals surface area contributed by atoms with Gasteiger partial charge >= 0.3 is 0 Å². The number of nitrogens with one attached hydrogen (secondary N) is 1. The largest absolute Gasteiger partial charge is 0.325 e. The van der Waals surface area contributed by atoms with Crippen LogP contribution in [0.2, 0.25) is 0 Å². The Morgan fingerprint density at radius 1 is 1.09 bits per heavy atom. The number of aryl methyl sites for hydroxylation is 1. The van der Waals surface area contributed by atoms with Crippen molar-refractivity contribution in [2.24, 2.45) is 0 Å². The topological polar surface area (TPSA) is 54.9 Å². The Balaban J connectivity index is 1.66. The van der Waals surface area contributed by atoms with Gasteiger partial charge < -0.3 is 5.32 Å². The molecule has 3 rings (SSSR count). The van der Waals surface area contributed by atoms with Crippen LogP contribution in [0.1, 0.15) is 5.69 Å². The van der Waals surface area contributed by atoms with Gasteiger partial charge in [0.25, 0.3) is 0 Å². The molecule has 3 aromatic rings. The van der Waals surface area contributed by atoms with Crippen LogP contribution in [0.5, 0.6) is 0 Å². The minimum atomic E-state index is -0.0504. The fourth-order valence-electron chi connectivity index (χ4n) is 2.07. The lowest BCUT2D eigenvalue weighted by Crippen LogP contribution is -2.14. The van der Waals surface area contributed by atoms with E-state index in [4.69, 9.17) is 0 Å². The molecule has 0 aliphatic carbocycles. The van der Waals surface area contributed by atoms with E-state index in [1.54, 1.807) is 0 Å². The molecule has 0 saturated carbocycles. The first-order valence-corrected chi connectivity index (χ1v) is 9.10. The Hall–Kier alpha value is -1.67. The molecule has 0 spiro atoms. The van der Waals surface area contributed by atoms with Crippen molar-refractivity contribution in [3.8, 4) is 0 Å². The third-order valence-electron chi connectivity index (χ3n) is 3.17. The maximum absolute atomic E-state index is 12.1. The number of hydrogen-bond donors (Lipinski definition) is 1. The summed E-state index contributed by atoms with van der Waals surface area (Å²) in [5.41, 5.74) is 3.37. The molecular weight excluding hydrogens is 421 g/mol. The van der Waals surface area contributed by atoms with Crippen LogP contribution in [0, 0.1) is 10.5 Å². The van der Waals surface area contributed by atoms with Crippen LogP contribution in [-0.4, -0.2) is 21.6 Å². The number of benzene rings is 2. The Morgan fingerprint density at radius 3 is 2.43 bits per heavy atom. The molecule has 2 aromatic carbocycles. The zero-order valence-electron chi connectivity index (χ0n) is 12.4. The Labute approximate surface area is 152 Å². The van der Waals surface area contributed by atoms with Gasteiger partial charge in [0.05, 0.1) is 22.5 Å². The minimum Gasteiger partial charge on any atom is -0.325 e. The quantitative estimate of drug-likeness (QED) is 0.491. The summed E-state index contributed by atoms with van der Waals surface area (Å²) < 4.78 is 1.14. The van der Waals surface area contributed by atoms with Crippen molar-refractivity contribution in [1.82, 2.24) is 9.97 Å². The maximum Gasteiger partial charge on any atom is 0.234 e. The second kappa shape index (κ2) is 7.27. The standard InChI is InChI=1S/C17H14IN3OS/c1-11-17(21-15-5-3-2-4-14(15)19-11)23-10-16(22)20-13-8-6-12(18)7-9-13/h2-9H,10H2,1H3,(H,20,22). The molecule has 0 atom stereocenters. The van der Waals surface area contributed by atoms with Gasteiger partial charge in [-0.05, 0) is 65.9 Å². The number of carbonyl (C=O) groups excluding carboxylic acids is 1. The molecule has 1 heterocycles. The molecule has 6 heteroatoms. The van der Waals surface area contributed by atoms with E-state index in [9.17, 15) is 4.79 Å². The van der Waals surface area contributed by atoms with Gasteiger partial charge in [-0.15, -0.1) is 0 Å². The van der Waals surface area contributed by atoms with Crippen molar-refractivity contribution >= 4 is 57.0 Å². The molecule has 0 bridgehead atoms. The fraction of sp³-hybridized carbons (Fsp3) is 0.118. The van der Waals surface area contributed by atoms with Crippen LogP contribution in [0.15, 0.2) is 53.6 Å². The molecular formula is C17H14IN3OS. The molecule has 0 aliphatic rings. The summed E-state index contributed by atoms with van der Waals surface area (Å²) in [5.74, 6) is 0.255. The first-order chi connectivity index (χ1) is 11.1. The molecule has 0 radical (unpaired) electrons. The summed E-state index contributed by atoms with van der Waals surface area (Å²) in [4.78, 5) is 21.2. The summed E-state index contributed by atoms with van der Waals surface area (Å²) in [6.07, 6.45) is 0. The van der Waals surface area contributed by atoms with Crippen molar-refractivity contribution in [2.75, 3.05) is 11.1 Å².